The third-order valence-corrected chi connectivity index (χ3v) is 8.84. The van der Waals surface area contributed by atoms with Crippen molar-refractivity contribution in [3.05, 3.63) is 59.9 Å². The number of carbonyl (C=O) groups excluding carboxylic acids is 2. The molecule has 3 aromatic rings. The van der Waals surface area contributed by atoms with Crippen LogP contribution in [0.2, 0.25) is 0 Å². The average molecular weight is 717 g/mol. The van der Waals surface area contributed by atoms with E-state index in [4.69, 9.17) is 28.9 Å². The highest BCUT2D eigenvalue weighted by Crippen LogP contribution is 2.31. The van der Waals surface area contributed by atoms with E-state index >= 15 is 0 Å². The molecule has 0 saturated carbocycles. The summed E-state index contributed by atoms with van der Waals surface area (Å²) in [6.07, 6.45) is 2.79. The molecule has 0 saturated heterocycles. The number of fused-ring (bicyclic) bond motifs is 13. The lowest BCUT2D eigenvalue weighted by atomic mass is 10.1. The average Bonchev–Trinajstić information content (AvgIpc) is 3.06. The van der Waals surface area contributed by atoms with Gasteiger partial charge in [0, 0.05) is 24.4 Å². The van der Waals surface area contributed by atoms with Crippen LogP contribution in [0.3, 0.4) is 0 Å². The summed E-state index contributed by atoms with van der Waals surface area (Å²) in [7, 11) is 1.62. The minimum absolute atomic E-state index is 0.0598. The molecule has 2 aromatic carbocycles. The molecule has 1 unspecified atom stereocenters. The molecular weight excluding hydrogens is 673 g/mol. The first kappa shape index (κ1) is 38.2. The van der Waals surface area contributed by atoms with Gasteiger partial charge in [0.25, 0.3) is 5.91 Å². The number of hydrogen-bond acceptors (Lipinski definition) is 13. The van der Waals surface area contributed by atoms with Crippen LogP contribution in [0, 0.1) is 0 Å². The first-order valence-corrected chi connectivity index (χ1v) is 17.9. The molecule has 0 fully saturated rings. The summed E-state index contributed by atoms with van der Waals surface area (Å²) < 4.78 is 43.9. The van der Waals surface area contributed by atoms with E-state index in [9.17, 15) is 14.1 Å². The molecule has 5 rings (SSSR count). The Kier molecular flexibility index (Phi) is 14.3. The van der Waals surface area contributed by atoms with Gasteiger partial charge in [-0.15, -0.1) is 4.31 Å². The van der Waals surface area contributed by atoms with Crippen LogP contribution < -0.4 is 15.8 Å². The summed E-state index contributed by atoms with van der Waals surface area (Å²) in [5.74, 6) is -0.314. The van der Waals surface area contributed by atoms with E-state index in [1.54, 1.807) is 74.6 Å². The Labute approximate surface area is 294 Å². The molecule has 4 bridgehead atoms. The highest BCUT2D eigenvalue weighted by atomic mass is 32.2. The summed E-state index contributed by atoms with van der Waals surface area (Å²) in [5, 5.41) is 2.85. The topological polar surface area (TPSA) is 174 Å². The van der Waals surface area contributed by atoms with Gasteiger partial charge < -0.3 is 43.6 Å². The molecule has 3 N–H and O–H groups in total. The Bertz CT molecular complexity index is 1540. The highest BCUT2D eigenvalue weighted by molar-refractivity contribution is 7.93. The first-order valence-electron chi connectivity index (χ1n) is 15.7. The Hall–Kier alpha value is -3.64. The molecule has 0 aliphatic carbocycles. The Morgan fingerprint density at radius 2 is 1.84 bits per heavy atom. The van der Waals surface area contributed by atoms with Crippen molar-refractivity contribution in [1.29, 1.82) is 0 Å². The van der Waals surface area contributed by atoms with Gasteiger partial charge >= 0.3 is 6.09 Å². The van der Waals surface area contributed by atoms with Crippen LogP contribution in [0.4, 0.5) is 16.3 Å². The Morgan fingerprint density at radius 1 is 1.12 bits per heavy atom. The number of nitrogens with two attached hydrogens (primary N) is 1. The number of nitrogens with one attached hydrogen (secondary N) is 1. The van der Waals surface area contributed by atoms with Crippen molar-refractivity contribution in [2.75, 3.05) is 77.1 Å². The van der Waals surface area contributed by atoms with Crippen molar-refractivity contribution >= 4 is 46.9 Å². The first-order chi connectivity index (χ1) is 23.5. The zero-order valence-corrected chi connectivity index (χ0v) is 30.1. The summed E-state index contributed by atoms with van der Waals surface area (Å²) in [6, 6.07) is 12.2. The summed E-state index contributed by atoms with van der Waals surface area (Å²) in [5.41, 5.74) is 7.40. The molecule has 49 heavy (non-hydrogen) atoms. The number of anilines is 2. The van der Waals surface area contributed by atoms with Crippen LogP contribution in [-0.4, -0.2) is 107 Å². The maximum atomic E-state index is 13.6. The van der Waals surface area contributed by atoms with Crippen LogP contribution in [0.25, 0.3) is 11.3 Å². The Morgan fingerprint density at radius 3 is 2.55 bits per heavy atom. The predicted molar refractivity (Wildman–Crippen MR) is 189 cm³/mol. The number of amides is 2. The minimum Gasteiger partial charge on any atom is -0.593 e. The van der Waals surface area contributed by atoms with Gasteiger partial charge in [0.2, 0.25) is 0 Å². The van der Waals surface area contributed by atoms with Crippen molar-refractivity contribution < 1.29 is 37.3 Å². The van der Waals surface area contributed by atoms with Crippen molar-refractivity contribution in [2.24, 2.45) is 0 Å². The quantitative estimate of drug-likeness (QED) is 0.159. The molecule has 2 amide bonds. The largest absolute Gasteiger partial charge is 0.593 e. The lowest BCUT2D eigenvalue weighted by molar-refractivity contribution is 0.0279. The van der Waals surface area contributed by atoms with Crippen LogP contribution in [-0.2, 0) is 36.3 Å². The van der Waals surface area contributed by atoms with Gasteiger partial charge in [-0.2, -0.15) is 0 Å². The van der Waals surface area contributed by atoms with Crippen LogP contribution in [0.5, 0.6) is 5.75 Å². The minimum atomic E-state index is -1.48. The van der Waals surface area contributed by atoms with E-state index in [-0.39, 0.29) is 31.3 Å². The van der Waals surface area contributed by atoms with E-state index in [1.807, 2.05) is 6.26 Å². The fourth-order valence-electron chi connectivity index (χ4n) is 4.61. The van der Waals surface area contributed by atoms with Gasteiger partial charge in [-0.3, -0.25) is 4.79 Å². The van der Waals surface area contributed by atoms with Crippen molar-refractivity contribution in [1.82, 2.24) is 19.2 Å². The molecule has 1 aromatic heterocycles. The number of aromatic nitrogens is 2. The molecule has 3 heterocycles. The second-order valence-corrected chi connectivity index (χ2v) is 13.9. The molecule has 16 heteroatoms. The van der Waals surface area contributed by atoms with Crippen molar-refractivity contribution in [2.45, 2.75) is 37.8 Å². The second-order valence-electron chi connectivity index (χ2n) is 11.8. The van der Waals surface area contributed by atoms with Crippen LogP contribution >= 0.6 is 12.0 Å². The molecule has 2 aliphatic rings. The molecule has 14 nitrogen and oxygen atoms in total. The fraction of sp³-hybridized carbons (Fsp3) is 0.455. The van der Waals surface area contributed by atoms with Crippen molar-refractivity contribution in [3.63, 3.8) is 0 Å². The number of nitrogen functional groups attached to an aromatic ring is 1. The number of para-hydroxylation sites is 1. The van der Waals surface area contributed by atoms with E-state index in [1.165, 1.54) is 23.1 Å². The summed E-state index contributed by atoms with van der Waals surface area (Å²) in [4.78, 5) is 37.1. The van der Waals surface area contributed by atoms with E-state index < -0.39 is 29.0 Å². The number of nitrogens with zero attached hydrogens (tertiary/aromatic N) is 4. The molecular formula is C33H44N6O8S2. The van der Waals surface area contributed by atoms with Gasteiger partial charge in [0.1, 0.15) is 18.0 Å². The van der Waals surface area contributed by atoms with E-state index in [0.29, 0.717) is 72.7 Å². The van der Waals surface area contributed by atoms with Gasteiger partial charge in [0.15, 0.2) is 16.4 Å². The zero-order valence-electron chi connectivity index (χ0n) is 28.4. The van der Waals surface area contributed by atoms with Gasteiger partial charge in [-0.1, -0.05) is 12.1 Å². The maximum absolute atomic E-state index is 13.6. The standard InChI is InChI=1S/C33H44N6O8S2/c1-33(2,3)47-32(41)38(4)22-24-7-6-8-26-29(24)45-20-19-44-18-17-43-15-13-39(14-16-46-48-5)49(42)25-11-9-23(10-12-25)27-21-35-30(34)28(36-27)31(40)37-26/h6-12,21H,13-20,22H2,1-5H3,(H2,34,35)(H,37,40). The molecule has 2 aliphatic heterocycles. The van der Waals surface area contributed by atoms with Gasteiger partial charge in [-0.05, 0) is 63.1 Å². The fourth-order valence-corrected chi connectivity index (χ4v) is 6.00. The molecule has 0 radical (unpaired) electrons. The zero-order chi connectivity index (χ0) is 35.4. The SMILES string of the molecule is CSOCCN1CCOCCOCCOc2c(CN(C)C(=O)OC(C)(C)C)cccc2NC(=O)c2nc(cnc2N)-c2ccc(cc2)[S+]1[O-]. The maximum Gasteiger partial charge on any atom is 0.410 e. The number of rotatable bonds is 6. The van der Waals surface area contributed by atoms with Gasteiger partial charge in [0.05, 0.1) is 81.6 Å². The second kappa shape index (κ2) is 18.4. The van der Waals surface area contributed by atoms with E-state index in [2.05, 4.69) is 15.3 Å². The number of carbonyl (C=O) groups is 2. The molecule has 0 spiro atoms. The highest BCUT2D eigenvalue weighted by Gasteiger charge is 2.25. The number of hydrogen-bond donors (Lipinski definition) is 2. The predicted octanol–water partition coefficient (Wildman–Crippen LogP) is 4.39. The number of ether oxygens (including phenoxy) is 4. The third kappa shape index (κ3) is 11.5. The molecule has 266 valence electrons. The third-order valence-electron chi connectivity index (χ3n) is 6.93. The van der Waals surface area contributed by atoms with E-state index in [0.717, 1.165) is 0 Å². The summed E-state index contributed by atoms with van der Waals surface area (Å²) >= 11 is -0.228. The smallest absolute Gasteiger partial charge is 0.410 e. The number of benzene rings is 2. The monoisotopic (exact) mass is 716 g/mol. The lowest BCUT2D eigenvalue weighted by Crippen LogP contribution is -2.36. The lowest BCUT2D eigenvalue weighted by Gasteiger charge is -2.25. The summed E-state index contributed by atoms with van der Waals surface area (Å²) in [6.45, 7) is 8.11. The van der Waals surface area contributed by atoms with Crippen molar-refractivity contribution in [3.8, 4) is 17.0 Å². The van der Waals surface area contributed by atoms with Crippen LogP contribution in [0.15, 0.2) is 53.6 Å². The Balaban J connectivity index is 1.63. The van der Waals surface area contributed by atoms with Crippen LogP contribution in [0.1, 0.15) is 36.8 Å². The normalized spacial score (nSPS) is 16.8. The van der Waals surface area contributed by atoms with Gasteiger partial charge in [-0.25, -0.2) is 14.8 Å². The molecule has 1 atom stereocenters.